The molecule has 6 heteroatoms. The second-order valence-electron chi connectivity index (χ2n) is 7.73. The van der Waals surface area contributed by atoms with E-state index in [1.807, 2.05) is 43.3 Å². The summed E-state index contributed by atoms with van der Waals surface area (Å²) in [5.74, 6) is 1.63. The third-order valence-electron chi connectivity index (χ3n) is 5.64. The summed E-state index contributed by atoms with van der Waals surface area (Å²) in [6.07, 6.45) is 0.0205. The van der Waals surface area contributed by atoms with Gasteiger partial charge in [-0.1, -0.05) is 17.7 Å². The molecule has 0 unspecified atom stereocenters. The van der Waals surface area contributed by atoms with Crippen LogP contribution in [0.25, 0.3) is 10.9 Å². The SMILES string of the molecule is Cc1ccc2c3c(ccc2n1)OC[C@H](CN1CCN(c2cccc(Cl)c2)CC1)O3. The van der Waals surface area contributed by atoms with Gasteiger partial charge in [-0.2, -0.15) is 0 Å². The van der Waals surface area contributed by atoms with Gasteiger partial charge in [-0.15, -0.1) is 0 Å². The van der Waals surface area contributed by atoms with Crippen LogP contribution in [0.4, 0.5) is 5.69 Å². The van der Waals surface area contributed by atoms with Crippen LogP contribution in [0.1, 0.15) is 5.69 Å². The lowest BCUT2D eigenvalue weighted by atomic mass is 10.1. The van der Waals surface area contributed by atoms with Crippen LogP contribution in [0.15, 0.2) is 48.5 Å². The molecule has 3 heterocycles. The molecule has 0 aliphatic carbocycles. The summed E-state index contributed by atoms with van der Waals surface area (Å²) >= 11 is 6.14. The zero-order valence-electron chi connectivity index (χ0n) is 16.5. The zero-order chi connectivity index (χ0) is 19.8. The van der Waals surface area contributed by atoms with Gasteiger partial charge in [-0.05, 0) is 49.4 Å². The fourth-order valence-electron chi connectivity index (χ4n) is 4.12. The molecule has 0 amide bonds. The van der Waals surface area contributed by atoms with E-state index in [0.29, 0.717) is 6.61 Å². The normalized spacial score (nSPS) is 19.5. The average Bonchev–Trinajstić information content (AvgIpc) is 2.74. The van der Waals surface area contributed by atoms with Crippen molar-refractivity contribution in [2.75, 3.05) is 44.2 Å². The van der Waals surface area contributed by atoms with Crippen LogP contribution in [-0.2, 0) is 0 Å². The quantitative estimate of drug-likeness (QED) is 0.649. The van der Waals surface area contributed by atoms with Crippen molar-refractivity contribution in [2.24, 2.45) is 0 Å². The van der Waals surface area contributed by atoms with E-state index in [1.165, 1.54) is 5.69 Å². The molecule has 0 N–H and O–H groups in total. The van der Waals surface area contributed by atoms with E-state index in [4.69, 9.17) is 21.1 Å². The van der Waals surface area contributed by atoms with E-state index in [0.717, 1.165) is 65.8 Å². The number of anilines is 1. The summed E-state index contributed by atoms with van der Waals surface area (Å²) in [6, 6.07) is 16.1. The number of halogens is 1. The van der Waals surface area contributed by atoms with Crippen LogP contribution in [0.2, 0.25) is 5.02 Å². The molecule has 2 aliphatic rings. The maximum atomic E-state index is 6.38. The molecule has 150 valence electrons. The van der Waals surface area contributed by atoms with E-state index in [9.17, 15) is 0 Å². The molecular formula is C23H24ClN3O2. The first-order valence-corrected chi connectivity index (χ1v) is 10.5. The average molecular weight is 410 g/mol. The molecule has 0 spiro atoms. The Balaban J connectivity index is 1.24. The molecule has 0 bridgehead atoms. The van der Waals surface area contributed by atoms with Gasteiger partial charge in [0.15, 0.2) is 11.5 Å². The molecule has 0 radical (unpaired) electrons. The maximum Gasteiger partial charge on any atom is 0.171 e. The number of aryl methyl sites for hydroxylation is 1. The number of rotatable bonds is 3. The summed E-state index contributed by atoms with van der Waals surface area (Å²) in [5.41, 5.74) is 3.14. The smallest absolute Gasteiger partial charge is 0.171 e. The molecule has 5 nitrogen and oxygen atoms in total. The monoisotopic (exact) mass is 409 g/mol. The van der Waals surface area contributed by atoms with Gasteiger partial charge in [0.25, 0.3) is 0 Å². The fourth-order valence-corrected chi connectivity index (χ4v) is 4.30. The van der Waals surface area contributed by atoms with Crippen LogP contribution < -0.4 is 14.4 Å². The minimum Gasteiger partial charge on any atom is -0.486 e. The van der Waals surface area contributed by atoms with Gasteiger partial charge < -0.3 is 14.4 Å². The molecule has 3 aromatic rings. The molecule has 1 aromatic heterocycles. The van der Waals surface area contributed by atoms with Gasteiger partial charge in [0.2, 0.25) is 0 Å². The van der Waals surface area contributed by atoms with Crippen molar-refractivity contribution in [3.05, 3.63) is 59.2 Å². The van der Waals surface area contributed by atoms with Gasteiger partial charge in [0.1, 0.15) is 12.7 Å². The molecule has 29 heavy (non-hydrogen) atoms. The number of pyridine rings is 1. The third-order valence-corrected chi connectivity index (χ3v) is 5.88. The summed E-state index contributed by atoms with van der Waals surface area (Å²) in [7, 11) is 0. The molecule has 2 aromatic carbocycles. The van der Waals surface area contributed by atoms with Crippen LogP contribution in [-0.4, -0.2) is 55.3 Å². The maximum absolute atomic E-state index is 6.38. The number of hydrogen-bond donors (Lipinski definition) is 0. The third kappa shape index (κ3) is 3.85. The molecule has 1 atom stereocenters. The van der Waals surface area contributed by atoms with Crippen molar-refractivity contribution in [1.29, 1.82) is 0 Å². The first-order chi connectivity index (χ1) is 14.2. The molecule has 5 rings (SSSR count). The van der Waals surface area contributed by atoms with Gasteiger partial charge in [0, 0.05) is 54.5 Å². The Labute approximate surface area is 175 Å². The van der Waals surface area contributed by atoms with E-state index in [1.54, 1.807) is 0 Å². The van der Waals surface area contributed by atoms with E-state index >= 15 is 0 Å². The second kappa shape index (κ2) is 7.73. The number of nitrogens with zero attached hydrogens (tertiary/aromatic N) is 3. The Morgan fingerprint density at radius 1 is 1.07 bits per heavy atom. The number of aromatic nitrogens is 1. The van der Waals surface area contributed by atoms with E-state index in [2.05, 4.69) is 26.9 Å². The summed E-state index contributed by atoms with van der Waals surface area (Å²) in [5, 5.41) is 1.80. The van der Waals surface area contributed by atoms with Crippen molar-refractivity contribution in [1.82, 2.24) is 9.88 Å². The molecular weight excluding hydrogens is 386 g/mol. The number of fused-ring (bicyclic) bond motifs is 3. The Morgan fingerprint density at radius 2 is 1.93 bits per heavy atom. The number of piperazine rings is 1. The van der Waals surface area contributed by atoms with Crippen molar-refractivity contribution in [2.45, 2.75) is 13.0 Å². The van der Waals surface area contributed by atoms with Crippen LogP contribution in [0.5, 0.6) is 11.5 Å². The first kappa shape index (κ1) is 18.5. The first-order valence-electron chi connectivity index (χ1n) is 10.1. The topological polar surface area (TPSA) is 37.8 Å². The standard InChI is InChI=1S/C23H24ClN3O2/c1-16-5-6-20-21(25-16)7-8-22-23(20)29-19(15-28-22)14-26-9-11-27(12-10-26)18-4-2-3-17(24)13-18/h2-8,13,19H,9-12,14-15H2,1H3/t19-/m0/s1. The molecule has 1 saturated heterocycles. The Kier molecular flexibility index (Phi) is 4.94. The van der Waals surface area contributed by atoms with E-state index in [-0.39, 0.29) is 6.10 Å². The number of ether oxygens (including phenoxy) is 2. The summed E-state index contributed by atoms with van der Waals surface area (Å²) in [6.45, 7) is 7.39. The van der Waals surface area contributed by atoms with Crippen molar-refractivity contribution >= 4 is 28.2 Å². The van der Waals surface area contributed by atoms with Crippen molar-refractivity contribution in [3.63, 3.8) is 0 Å². The van der Waals surface area contributed by atoms with E-state index < -0.39 is 0 Å². The van der Waals surface area contributed by atoms with Gasteiger partial charge in [0.05, 0.1) is 5.52 Å². The fraction of sp³-hybridized carbons (Fsp3) is 0.348. The lowest BCUT2D eigenvalue weighted by molar-refractivity contribution is 0.0587. The highest BCUT2D eigenvalue weighted by atomic mass is 35.5. The largest absolute Gasteiger partial charge is 0.486 e. The minimum atomic E-state index is 0.0205. The van der Waals surface area contributed by atoms with Gasteiger partial charge in [-0.3, -0.25) is 9.88 Å². The van der Waals surface area contributed by atoms with Crippen molar-refractivity contribution < 1.29 is 9.47 Å². The highest BCUT2D eigenvalue weighted by molar-refractivity contribution is 6.30. The van der Waals surface area contributed by atoms with Gasteiger partial charge in [-0.25, -0.2) is 0 Å². The Bertz CT molecular complexity index is 1030. The van der Waals surface area contributed by atoms with Crippen molar-refractivity contribution in [3.8, 4) is 11.5 Å². The highest BCUT2D eigenvalue weighted by Gasteiger charge is 2.27. The predicted molar refractivity (Wildman–Crippen MR) is 116 cm³/mol. The Hall–Kier alpha value is -2.50. The Morgan fingerprint density at radius 3 is 2.76 bits per heavy atom. The molecule has 1 fully saturated rings. The molecule has 2 aliphatic heterocycles. The highest BCUT2D eigenvalue weighted by Crippen LogP contribution is 2.38. The van der Waals surface area contributed by atoms with Crippen LogP contribution in [0.3, 0.4) is 0 Å². The zero-order valence-corrected chi connectivity index (χ0v) is 17.2. The lowest BCUT2D eigenvalue weighted by Crippen LogP contribution is -2.50. The number of benzene rings is 2. The molecule has 0 saturated carbocycles. The van der Waals surface area contributed by atoms with Crippen LogP contribution >= 0.6 is 11.6 Å². The van der Waals surface area contributed by atoms with Gasteiger partial charge >= 0.3 is 0 Å². The lowest BCUT2D eigenvalue weighted by Gasteiger charge is -2.38. The number of hydrogen-bond acceptors (Lipinski definition) is 5. The summed E-state index contributed by atoms with van der Waals surface area (Å²) < 4.78 is 12.4. The van der Waals surface area contributed by atoms with Crippen LogP contribution in [0, 0.1) is 6.92 Å². The predicted octanol–water partition coefficient (Wildman–Crippen LogP) is 4.16. The summed E-state index contributed by atoms with van der Waals surface area (Å²) in [4.78, 5) is 9.45. The second-order valence-corrected chi connectivity index (χ2v) is 8.17. The minimum absolute atomic E-state index is 0.0205.